The number of hydrogen-bond acceptors (Lipinski definition) is 3. The average Bonchev–Trinajstić information content (AvgIpc) is 2.76. The van der Waals surface area contributed by atoms with E-state index in [0.29, 0.717) is 5.69 Å². The fourth-order valence-electron chi connectivity index (χ4n) is 1.48. The minimum Gasteiger partial charge on any atom is -0.364 e. The summed E-state index contributed by atoms with van der Waals surface area (Å²) in [5, 5.41) is 12.6. The van der Waals surface area contributed by atoms with E-state index >= 15 is 0 Å². The van der Waals surface area contributed by atoms with Gasteiger partial charge in [-0.25, -0.2) is 9.07 Å². The number of hydrogen-bond donors (Lipinski definition) is 1. The summed E-state index contributed by atoms with van der Waals surface area (Å²) < 4.78 is 14.2. The maximum absolute atomic E-state index is 13.0. The van der Waals surface area contributed by atoms with E-state index in [1.807, 2.05) is 0 Å². The van der Waals surface area contributed by atoms with Crippen molar-refractivity contribution in [2.24, 2.45) is 5.73 Å². The smallest absolute Gasteiger partial charge is 0.268 e. The first-order valence-electron chi connectivity index (χ1n) is 4.78. The molecule has 1 amide bonds. The molecule has 1 aromatic carbocycles. The van der Waals surface area contributed by atoms with Gasteiger partial charge in [0.15, 0.2) is 0 Å². The van der Waals surface area contributed by atoms with Crippen molar-refractivity contribution >= 4 is 17.5 Å². The Balaban J connectivity index is 2.65. The molecule has 7 heteroatoms. The average molecular weight is 265 g/mol. The lowest BCUT2D eigenvalue weighted by Gasteiger charge is -2.05. The van der Waals surface area contributed by atoms with Crippen molar-refractivity contribution in [2.45, 2.75) is 0 Å². The molecule has 18 heavy (non-hydrogen) atoms. The van der Waals surface area contributed by atoms with Crippen LogP contribution in [0.25, 0.3) is 5.69 Å². The number of nitrogens with two attached hydrogens (primary N) is 1. The van der Waals surface area contributed by atoms with E-state index in [2.05, 4.69) is 5.10 Å². The van der Waals surface area contributed by atoms with Gasteiger partial charge in [-0.1, -0.05) is 11.6 Å². The summed E-state index contributed by atoms with van der Waals surface area (Å²) in [5.41, 5.74) is 5.50. The third kappa shape index (κ3) is 1.92. The second-order valence-corrected chi connectivity index (χ2v) is 3.80. The van der Waals surface area contributed by atoms with E-state index in [9.17, 15) is 9.18 Å². The van der Waals surface area contributed by atoms with Crippen LogP contribution in [0.3, 0.4) is 0 Å². The number of carbonyl (C=O) groups excluding carboxylic acids is 1. The molecule has 1 heterocycles. The molecule has 0 radical (unpaired) electrons. The van der Waals surface area contributed by atoms with Crippen LogP contribution in [0.2, 0.25) is 5.02 Å². The number of rotatable bonds is 2. The van der Waals surface area contributed by atoms with Gasteiger partial charge in [-0.15, -0.1) is 0 Å². The minimum atomic E-state index is -0.801. The van der Waals surface area contributed by atoms with Gasteiger partial charge in [-0.05, 0) is 18.2 Å². The zero-order valence-electron chi connectivity index (χ0n) is 8.89. The topological polar surface area (TPSA) is 84.7 Å². The van der Waals surface area contributed by atoms with Gasteiger partial charge in [0.05, 0.1) is 16.9 Å². The molecule has 0 aliphatic carbocycles. The summed E-state index contributed by atoms with van der Waals surface area (Å²) >= 11 is 5.64. The molecule has 0 bridgehead atoms. The second-order valence-electron chi connectivity index (χ2n) is 3.39. The monoisotopic (exact) mass is 264 g/mol. The third-order valence-corrected chi connectivity index (χ3v) is 2.56. The van der Waals surface area contributed by atoms with Crippen molar-refractivity contribution < 1.29 is 9.18 Å². The minimum absolute atomic E-state index is 0.0444. The number of nitriles is 1. The summed E-state index contributed by atoms with van der Waals surface area (Å²) in [7, 11) is 0. The van der Waals surface area contributed by atoms with E-state index in [4.69, 9.17) is 22.6 Å². The fraction of sp³-hybridized carbons (Fsp3) is 0. The third-order valence-electron chi connectivity index (χ3n) is 2.27. The van der Waals surface area contributed by atoms with Crippen molar-refractivity contribution in [3.05, 3.63) is 46.5 Å². The molecule has 0 atom stereocenters. The van der Waals surface area contributed by atoms with Crippen LogP contribution < -0.4 is 5.73 Å². The molecule has 0 fully saturated rings. The molecule has 90 valence electrons. The molecule has 0 saturated carbocycles. The number of nitrogens with zero attached hydrogens (tertiary/aromatic N) is 3. The highest BCUT2D eigenvalue weighted by atomic mass is 35.5. The molecule has 0 unspecified atom stereocenters. The van der Waals surface area contributed by atoms with Crippen molar-refractivity contribution in [1.82, 2.24) is 9.78 Å². The Bertz CT molecular complexity index is 674. The molecule has 2 rings (SSSR count). The van der Waals surface area contributed by atoms with Gasteiger partial charge in [-0.2, -0.15) is 10.4 Å². The molecular formula is C11H6ClFN4O. The Morgan fingerprint density at radius 1 is 1.56 bits per heavy atom. The quantitative estimate of drug-likeness (QED) is 0.895. The summed E-state index contributed by atoms with van der Waals surface area (Å²) in [5.74, 6) is -1.39. The number of carbonyl (C=O) groups is 1. The van der Waals surface area contributed by atoms with Gasteiger partial charge < -0.3 is 5.73 Å². The van der Waals surface area contributed by atoms with Crippen molar-refractivity contribution in [2.75, 3.05) is 0 Å². The molecule has 1 aromatic heterocycles. The van der Waals surface area contributed by atoms with Gasteiger partial charge in [0.1, 0.15) is 23.1 Å². The fourth-order valence-corrected chi connectivity index (χ4v) is 1.65. The number of benzene rings is 1. The van der Waals surface area contributed by atoms with Crippen molar-refractivity contribution in [1.29, 1.82) is 5.26 Å². The molecule has 0 spiro atoms. The van der Waals surface area contributed by atoms with Crippen molar-refractivity contribution in [3.8, 4) is 11.8 Å². The summed E-state index contributed by atoms with van der Waals surface area (Å²) in [6, 6.07) is 5.60. The Labute approximate surface area is 106 Å². The van der Waals surface area contributed by atoms with Crippen LogP contribution in [0.1, 0.15) is 16.1 Å². The molecule has 0 aliphatic heterocycles. The van der Waals surface area contributed by atoms with Crippen LogP contribution in [-0.2, 0) is 0 Å². The second kappa shape index (κ2) is 4.47. The molecule has 2 aromatic rings. The van der Waals surface area contributed by atoms with Gasteiger partial charge in [0, 0.05) is 0 Å². The van der Waals surface area contributed by atoms with Gasteiger partial charge >= 0.3 is 0 Å². The van der Waals surface area contributed by atoms with Crippen molar-refractivity contribution in [3.63, 3.8) is 0 Å². The van der Waals surface area contributed by atoms with Crippen LogP contribution in [0.15, 0.2) is 24.4 Å². The molecule has 2 N–H and O–H groups in total. The Kier molecular flexibility index (Phi) is 3.00. The van der Waals surface area contributed by atoms with E-state index < -0.39 is 11.7 Å². The standard InChI is InChI=1S/C11H6ClFN4O/c12-8-3-7(1-2-9(8)13)17-10(11(15)18)6(4-14)5-16-17/h1-3,5H,(H2,15,18). The predicted octanol–water partition coefficient (Wildman–Crippen LogP) is 1.64. The molecule has 0 aliphatic rings. The Hall–Kier alpha value is -2.39. The number of aromatic nitrogens is 2. The summed E-state index contributed by atoms with van der Waals surface area (Å²) in [6.45, 7) is 0. The van der Waals surface area contributed by atoms with E-state index in [-0.39, 0.29) is 16.3 Å². The highest BCUT2D eigenvalue weighted by Crippen LogP contribution is 2.20. The van der Waals surface area contributed by atoms with Crippen LogP contribution in [-0.4, -0.2) is 15.7 Å². The summed E-state index contributed by atoms with van der Waals surface area (Å²) in [6.07, 6.45) is 1.21. The van der Waals surface area contributed by atoms with Crippen LogP contribution >= 0.6 is 11.6 Å². The lowest BCUT2D eigenvalue weighted by molar-refractivity contribution is 0.0992. The first kappa shape index (κ1) is 12.1. The maximum atomic E-state index is 13.0. The van der Waals surface area contributed by atoms with Gasteiger partial charge in [-0.3, -0.25) is 4.79 Å². The number of halogens is 2. The van der Waals surface area contributed by atoms with Gasteiger partial charge in [0.25, 0.3) is 5.91 Å². The largest absolute Gasteiger partial charge is 0.364 e. The Morgan fingerprint density at radius 2 is 2.28 bits per heavy atom. The van der Waals surface area contributed by atoms with E-state index in [1.54, 1.807) is 6.07 Å². The SMILES string of the molecule is N#Cc1cnn(-c2ccc(F)c(Cl)c2)c1C(N)=O. The number of primary amides is 1. The highest BCUT2D eigenvalue weighted by Gasteiger charge is 2.17. The van der Waals surface area contributed by atoms with Crippen LogP contribution in [0.5, 0.6) is 0 Å². The number of amides is 1. The molecule has 5 nitrogen and oxygen atoms in total. The zero-order valence-corrected chi connectivity index (χ0v) is 9.65. The first-order valence-corrected chi connectivity index (χ1v) is 5.15. The molecule has 0 saturated heterocycles. The van der Waals surface area contributed by atoms with E-state index in [1.165, 1.54) is 18.3 Å². The summed E-state index contributed by atoms with van der Waals surface area (Å²) in [4.78, 5) is 11.3. The lowest BCUT2D eigenvalue weighted by Crippen LogP contribution is -2.18. The van der Waals surface area contributed by atoms with Crippen LogP contribution in [0, 0.1) is 17.1 Å². The highest BCUT2D eigenvalue weighted by molar-refractivity contribution is 6.30. The van der Waals surface area contributed by atoms with E-state index in [0.717, 1.165) is 10.7 Å². The molecular weight excluding hydrogens is 259 g/mol. The first-order chi connectivity index (χ1) is 8.54. The normalized spacial score (nSPS) is 10.1. The van der Waals surface area contributed by atoms with Crippen LogP contribution in [0.4, 0.5) is 4.39 Å². The Morgan fingerprint density at radius 3 is 2.83 bits per heavy atom. The van der Waals surface area contributed by atoms with Gasteiger partial charge in [0.2, 0.25) is 0 Å². The zero-order chi connectivity index (χ0) is 13.3. The lowest BCUT2D eigenvalue weighted by atomic mass is 10.2. The maximum Gasteiger partial charge on any atom is 0.268 e. The predicted molar refractivity (Wildman–Crippen MR) is 61.8 cm³/mol.